The van der Waals surface area contributed by atoms with Crippen molar-refractivity contribution in [3.05, 3.63) is 65.5 Å². The second-order valence-corrected chi connectivity index (χ2v) is 6.12. The summed E-state index contributed by atoms with van der Waals surface area (Å²) in [5, 5.41) is 0. The fraction of sp³-hybridized carbons (Fsp3) is 0.316. The van der Waals surface area contributed by atoms with Crippen LogP contribution in [-0.4, -0.2) is 9.55 Å². The van der Waals surface area contributed by atoms with Gasteiger partial charge in [-0.1, -0.05) is 50.2 Å². The van der Waals surface area contributed by atoms with Crippen molar-refractivity contribution in [2.24, 2.45) is 5.92 Å². The molecule has 1 aromatic heterocycles. The zero-order valence-corrected chi connectivity index (χ0v) is 13.0. The molecule has 3 rings (SSSR count). The van der Waals surface area contributed by atoms with E-state index in [1.54, 1.807) is 0 Å². The van der Waals surface area contributed by atoms with Crippen LogP contribution in [0.15, 0.2) is 48.5 Å². The van der Waals surface area contributed by atoms with Crippen molar-refractivity contribution >= 4 is 11.0 Å². The molecule has 0 amide bonds. The zero-order valence-electron chi connectivity index (χ0n) is 13.0. The van der Waals surface area contributed by atoms with Crippen LogP contribution in [0.25, 0.3) is 11.0 Å². The number of fused-ring (bicyclic) bond motifs is 1. The smallest absolute Gasteiger partial charge is 0.114 e. The van der Waals surface area contributed by atoms with Gasteiger partial charge in [-0.2, -0.15) is 0 Å². The van der Waals surface area contributed by atoms with Crippen molar-refractivity contribution in [3.8, 4) is 0 Å². The van der Waals surface area contributed by atoms with Gasteiger partial charge in [-0.25, -0.2) is 4.98 Å². The Labute approximate surface area is 126 Å². The number of benzene rings is 2. The Kier molecular flexibility index (Phi) is 3.78. The fourth-order valence-corrected chi connectivity index (χ4v) is 2.81. The minimum atomic E-state index is 0.609. The first kappa shape index (κ1) is 13.9. The third-order valence-corrected chi connectivity index (χ3v) is 3.89. The molecule has 0 saturated carbocycles. The summed E-state index contributed by atoms with van der Waals surface area (Å²) >= 11 is 0. The molecule has 0 unspecified atom stereocenters. The monoisotopic (exact) mass is 278 g/mol. The molecule has 2 nitrogen and oxygen atoms in total. The van der Waals surface area contributed by atoms with Gasteiger partial charge in [-0.05, 0) is 36.1 Å². The van der Waals surface area contributed by atoms with E-state index in [-0.39, 0.29) is 0 Å². The Morgan fingerprint density at radius 2 is 1.71 bits per heavy atom. The number of para-hydroxylation sites is 2. The Hall–Kier alpha value is -2.09. The molecule has 108 valence electrons. The normalized spacial score (nSPS) is 11.4. The lowest BCUT2D eigenvalue weighted by atomic mass is 10.1. The van der Waals surface area contributed by atoms with Gasteiger partial charge < -0.3 is 4.57 Å². The maximum absolute atomic E-state index is 4.87. The van der Waals surface area contributed by atoms with E-state index >= 15 is 0 Å². The maximum Gasteiger partial charge on any atom is 0.114 e. The van der Waals surface area contributed by atoms with Gasteiger partial charge in [0, 0.05) is 13.0 Å². The lowest BCUT2D eigenvalue weighted by Gasteiger charge is -2.12. The van der Waals surface area contributed by atoms with Gasteiger partial charge in [0.1, 0.15) is 5.82 Å². The Morgan fingerprint density at radius 3 is 2.48 bits per heavy atom. The first-order chi connectivity index (χ1) is 10.1. The quantitative estimate of drug-likeness (QED) is 0.682. The molecular weight excluding hydrogens is 256 g/mol. The van der Waals surface area contributed by atoms with Crippen LogP contribution in [-0.2, 0) is 13.0 Å². The van der Waals surface area contributed by atoms with Gasteiger partial charge in [0.25, 0.3) is 0 Å². The largest absolute Gasteiger partial charge is 0.327 e. The topological polar surface area (TPSA) is 17.8 Å². The third kappa shape index (κ3) is 2.85. The standard InChI is InChI=1S/C19H22N2/c1-14(2)13-21-18-11-7-6-10-17(18)20-19(21)12-16-9-5-4-8-15(16)3/h4-11,14H,12-13H2,1-3H3. The minimum Gasteiger partial charge on any atom is -0.327 e. The van der Waals surface area contributed by atoms with Crippen LogP contribution in [0.2, 0.25) is 0 Å². The van der Waals surface area contributed by atoms with Crippen molar-refractivity contribution < 1.29 is 0 Å². The van der Waals surface area contributed by atoms with E-state index in [2.05, 4.69) is 73.9 Å². The van der Waals surface area contributed by atoms with Crippen LogP contribution in [0.5, 0.6) is 0 Å². The average molecular weight is 278 g/mol. The molecule has 0 aliphatic heterocycles. The molecule has 0 aliphatic rings. The van der Waals surface area contributed by atoms with Gasteiger partial charge in [0.05, 0.1) is 11.0 Å². The summed E-state index contributed by atoms with van der Waals surface area (Å²) in [5.41, 5.74) is 5.04. The molecule has 0 radical (unpaired) electrons. The first-order valence-electron chi connectivity index (χ1n) is 7.64. The highest BCUT2D eigenvalue weighted by Gasteiger charge is 2.12. The van der Waals surface area contributed by atoms with Gasteiger partial charge >= 0.3 is 0 Å². The number of aromatic nitrogens is 2. The van der Waals surface area contributed by atoms with Crippen LogP contribution < -0.4 is 0 Å². The summed E-state index contributed by atoms with van der Waals surface area (Å²) in [6, 6.07) is 17.0. The number of aryl methyl sites for hydroxylation is 1. The summed E-state index contributed by atoms with van der Waals surface area (Å²) in [7, 11) is 0. The minimum absolute atomic E-state index is 0.609. The summed E-state index contributed by atoms with van der Waals surface area (Å²) in [6.07, 6.45) is 0.897. The van der Waals surface area contributed by atoms with Crippen LogP contribution in [0.4, 0.5) is 0 Å². The third-order valence-electron chi connectivity index (χ3n) is 3.89. The number of hydrogen-bond donors (Lipinski definition) is 0. The highest BCUT2D eigenvalue weighted by molar-refractivity contribution is 5.76. The molecule has 0 saturated heterocycles. The molecule has 1 heterocycles. The maximum atomic E-state index is 4.87. The van der Waals surface area contributed by atoms with Crippen LogP contribution in [0.1, 0.15) is 30.8 Å². The molecule has 2 heteroatoms. The average Bonchev–Trinajstić information content (AvgIpc) is 2.79. The second kappa shape index (κ2) is 5.72. The van der Waals surface area contributed by atoms with E-state index in [9.17, 15) is 0 Å². The molecule has 0 aliphatic carbocycles. The second-order valence-electron chi connectivity index (χ2n) is 6.12. The van der Waals surface area contributed by atoms with Gasteiger partial charge in [-0.3, -0.25) is 0 Å². The highest BCUT2D eigenvalue weighted by atomic mass is 15.1. The van der Waals surface area contributed by atoms with Crippen LogP contribution >= 0.6 is 0 Å². The molecule has 0 atom stereocenters. The van der Waals surface area contributed by atoms with Crippen molar-refractivity contribution in [2.75, 3.05) is 0 Å². The Morgan fingerprint density at radius 1 is 1.00 bits per heavy atom. The van der Waals surface area contributed by atoms with Crippen LogP contribution in [0, 0.1) is 12.8 Å². The van der Waals surface area contributed by atoms with E-state index in [0.29, 0.717) is 5.92 Å². The first-order valence-corrected chi connectivity index (χ1v) is 7.64. The number of nitrogens with zero attached hydrogens (tertiary/aromatic N) is 2. The van der Waals surface area contributed by atoms with Gasteiger partial charge in [0.2, 0.25) is 0 Å². The molecular formula is C19H22N2. The molecule has 21 heavy (non-hydrogen) atoms. The van der Waals surface area contributed by atoms with E-state index < -0.39 is 0 Å². The number of imidazole rings is 1. The highest BCUT2D eigenvalue weighted by Crippen LogP contribution is 2.21. The molecule has 2 aromatic carbocycles. The van der Waals surface area contributed by atoms with E-state index in [4.69, 9.17) is 4.98 Å². The molecule has 0 bridgehead atoms. The number of hydrogen-bond acceptors (Lipinski definition) is 1. The SMILES string of the molecule is Cc1ccccc1Cc1nc2ccccc2n1CC(C)C. The molecule has 0 spiro atoms. The van der Waals surface area contributed by atoms with Crippen molar-refractivity contribution in [1.29, 1.82) is 0 Å². The molecule has 3 aromatic rings. The number of rotatable bonds is 4. The molecule has 0 fully saturated rings. The van der Waals surface area contributed by atoms with Crippen molar-refractivity contribution in [1.82, 2.24) is 9.55 Å². The summed E-state index contributed by atoms with van der Waals surface area (Å²) in [6.45, 7) is 7.70. The van der Waals surface area contributed by atoms with E-state index in [1.165, 1.54) is 22.5 Å². The van der Waals surface area contributed by atoms with E-state index in [1.807, 2.05) is 0 Å². The van der Waals surface area contributed by atoms with Crippen LogP contribution in [0.3, 0.4) is 0 Å². The van der Waals surface area contributed by atoms with E-state index in [0.717, 1.165) is 18.5 Å². The fourth-order valence-electron chi connectivity index (χ4n) is 2.81. The zero-order chi connectivity index (χ0) is 14.8. The van der Waals surface area contributed by atoms with Gasteiger partial charge in [0.15, 0.2) is 0 Å². The predicted octanol–water partition coefficient (Wildman–Crippen LogP) is 4.59. The molecule has 0 N–H and O–H groups in total. The summed E-state index contributed by atoms with van der Waals surface area (Å²) in [4.78, 5) is 4.87. The van der Waals surface area contributed by atoms with Crippen molar-refractivity contribution in [3.63, 3.8) is 0 Å². The summed E-state index contributed by atoms with van der Waals surface area (Å²) in [5.74, 6) is 1.78. The lowest BCUT2D eigenvalue weighted by Crippen LogP contribution is -2.09. The Bertz CT molecular complexity index is 753. The Balaban J connectivity index is 2.07. The predicted molar refractivity (Wildman–Crippen MR) is 88.6 cm³/mol. The lowest BCUT2D eigenvalue weighted by molar-refractivity contribution is 0.520. The van der Waals surface area contributed by atoms with Crippen molar-refractivity contribution in [2.45, 2.75) is 33.7 Å². The van der Waals surface area contributed by atoms with Gasteiger partial charge in [-0.15, -0.1) is 0 Å². The summed E-state index contributed by atoms with van der Waals surface area (Å²) < 4.78 is 2.38.